The molecule has 144 valence electrons. The van der Waals surface area contributed by atoms with Crippen molar-refractivity contribution in [3.63, 3.8) is 0 Å². The Morgan fingerprint density at radius 1 is 1.15 bits per heavy atom. The van der Waals surface area contributed by atoms with Gasteiger partial charge < -0.3 is 9.42 Å². The summed E-state index contributed by atoms with van der Waals surface area (Å²) in [6.07, 6.45) is 1.44. The highest BCUT2D eigenvalue weighted by molar-refractivity contribution is 5.80. The summed E-state index contributed by atoms with van der Waals surface area (Å²) < 4.78 is 43.9. The number of hydrogen-bond donors (Lipinski definition) is 0. The van der Waals surface area contributed by atoms with E-state index in [1.807, 2.05) is 4.90 Å². The van der Waals surface area contributed by atoms with E-state index in [-0.39, 0.29) is 29.3 Å². The summed E-state index contributed by atoms with van der Waals surface area (Å²) in [7, 11) is 0. The van der Waals surface area contributed by atoms with Crippen molar-refractivity contribution in [2.24, 2.45) is 0 Å². The molecule has 1 aliphatic heterocycles. The number of carbonyl (C=O) groups excluding carboxylic acids is 1. The number of halogens is 3. The quantitative estimate of drug-likeness (QED) is 0.793. The van der Waals surface area contributed by atoms with E-state index >= 15 is 0 Å². The van der Waals surface area contributed by atoms with Gasteiger partial charge in [-0.05, 0) is 31.0 Å². The number of hydrogen-bond acceptors (Lipinski definition) is 4. The first kappa shape index (κ1) is 18.0. The van der Waals surface area contributed by atoms with Crippen molar-refractivity contribution >= 4 is 5.91 Å². The van der Waals surface area contributed by atoms with Crippen LogP contribution in [-0.2, 0) is 11.0 Å². The largest absolute Gasteiger partial charge is 0.416 e. The highest BCUT2D eigenvalue weighted by Gasteiger charge is 2.38. The molecule has 27 heavy (non-hydrogen) atoms. The van der Waals surface area contributed by atoms with E-state index in [9.17, 15) is 18.0 Å². The fourth-order valence-electron chi connectivity index (χ4n) is 4.00. The molecule has 1 unspecified atom stereocenters. The number of nitrogens with zero attached hydrogens (tertiary/aromatic N) is 3. The van der Waals surface area contributed by atoms with Gasteiger partial charge in [-0.3, -0.25) is 4.79 Å². The number of alkyl halides is 3. The predicted molar refractivity (Wildman–Crippen MR) is 90.7 cm³/mol. The Labute approximate surface area is 154 Å². The summed E-state index contributed by atoms with van der Waals surface area (Å²) in [5, 5.41) is 3.93. The first-order valence-corrected chi connectivity index (χ1v) is 9.22. The van der Waals surface area contributed by atoms with E-state index < -0.39 is 11.7 Å². The lowest BCUT2D eigenvalue weighted by Gasteiger charge is -2.31. The second-order valence-electron chi connectivity index (χ2n) is 7.28. The number of benzene rings is 1. The van der Waals surface area contributed by atoms with E-state index in [2.05, 4.69) is 10.1 Å². The molecule has 0 bridgehead atoms. The first-order chi connectivity index (χ1) is 12.9. The van der Waals surface area contributed by atoms with E-state index in [1.54, 1.807) is 0 Å². The van der Waals surface area contributed by atoms with Gasteiger partial charge in [-0.15, -0.1) is 0 Å². The van der Waals surface area contributed by atoms with Crippen LogP contribution in [-0.4, -0.2) is 33.5 Å². The lowest BCUT2D eigenvalue weighted by atomic mass is 9.94. The number of aromatic nitrogens is 2. The fourth-order valence-corrected chi connectivity index (χ4v) is 4.00. The molecule has 1 saturated heterocycles. The number of carbonyl (C=O) groups is 1. The minimum absolute atomic E-state index is 0.0414. The topological polar surface area (TPSA) is 59.2 Å². The van der Waals surface area contributed by atoms with Crippen LogP contribution in [0.5, 0.6) is 0 Å². The Kier molecular flexibility index (Phi) is 4.65. The van der Waals surface area contributed by atoms with E-state index in [0.717, 1.165) is 37.8 Å². The Hall–Kier alpha value is -2.38. The van der Waals surface area contributed by atoms with Gasteiger partial charge >= 0.3 is 6.18 Å². The fraction of sp³-hybridized carbons (Fsp3) is 0.526. The molecule has 0 radical (unpaired) electrons. The van der Waals surface area contributed by atoms with Crippen LogP contribution in [0.3, 0.4) is 0 Å². The zero-order valence-corrected chi connectivity index (χ0v) is 14.7. The number of likely N-dealkylation sites (tertiary alicyclic amines) is 1. The van der Waals surface area contributed by atoms with Crippen LogP contribution in [0.15, 0.2) is 28.8 Å². The maximum absolute atomic E-state index is 12.9. The molecule has 1 amide bonds. The SMILES string of the molecule is O=C1CC(c2noc(-c3cccc(C(F)(F)F)c3)n2)CN1C1CCCCC1. The minimum atomic E-state index is -4.43. The van der Waals surface area contributed by atoms with Crippen molar-refractivity contribution in [1.82, 2.24) is 15.0 Å². The highest BCUT2D eigenvalue weighted by Crippen LogP contribution is 2.34. The van der Waals surface area contributed by atoms with Crippen LogP contribution in [0.2, 0.25) is 0 Å². The van der Waals surface area contributed by atoms with Gasteiger partial charge in [-0.25, -0.2) is 0 Å². The molecule has 2 fully saturated rings. The Morgan fingerprint density at radius 3 is 2.67 bits per heavy atom. The second kappa shape index (κ2) is 6.98. The molecular weight excluding hydrogens is 359 g/mol. The Bertz CT molecular complexity index is 828. The van der Waals surface area contributed by atoms with Gasteiger partial charge in [0.25, 0.3) is 5.89 Å². The van der Waals surface area contributed by atoms with Gasteiger partial charge in [0.15, 0.2) is 5.82 Å². The molecule has 1 aromatic heterocycles. The maximum atomic E-state index is 12.9. The molecule has 1 atom stereocenters. The molecule has 2 aliphatic rings. The number of rotatable bonds is 3. The van der Waals surface area contributed by atoms with Gasteiger partial charge in [0.05, 0.1) is 5.56 Å². The summed E-state index contributed by atoms with van der Waals surface area (Å²) in [6.45, 7) is 0.547. The standard InChI is InChI=1S/C19H20F3N3O2/c20-19(21,22)14-6-4-5-12(9-14)18-23-17(24-27-18)13-10-16(26)25(11-13)15-7-2-1-3-8-15/h4-6,9,13,15H,1-3,7-8,10-11H2. The van der Waals surface area contributed by atoms with E-state index in [1.165, 1.54) is 18.6 Å². The third-order valence-electron chi connectivity index (χ3n) is 5.42. The molecule has 8 heteroatoms. The summed E-state index contributed by atoms with van der Waals surface area (Å²) >= 11 is 0. The highest BCUT2D eigenvalue weighted by atomic mass is 19.4. The lowest BCUT2D eigenvalue weighted by Crippen LogP contribution is -2.37. The summed E-state index contributed by atoms with van der Waals surface area (Å²) in [6, 6.07) is 5.09. The normalized spacial score (nSPS) is 21.8. The Morgan fingerprint density at radius 2 is 1.93 bits per heavy atom. The first-order valence-electron chi connectivity index (χ1n) is 9.22. The van der Waals surface area contributed by atoms with Crippen LogP contribution in [0.4, 0.5) is 13.2 Å². The zero-order valence-electron chi connectivity index (χ0n) is 14.7. The van der Waals surface area contributed by atoms with Gasteiger partial charge in [-0.1, -0.05) is 30.5 Å². The Balaban J connectivity index is 1.51. The second-order valence-corrected chi connectivity index (χ2v) is 7.28. The van der Waals surface area contributed by atoms with Gasteiger partial charge in [0.2, 0.25) is 5.91 Å². The number of amides is 1. The zero-order chi connectivity index (χ0) is 19.0. The van der Waals surface area contributed by atoms with Crippen molar-refractivity contribution in [2.75, 3.05) is 6.54 Å². The molecule has 4 rings (SSSR count). The molecule has 0 spiro atoms. The average molecular weight is 379 g/mol. The van der Waals surface area contributed by atoms with Crippen molar-refractivity contribution in [3.05, 3.63) is 35.7 Å². The van der Waals surface area contributed by atoms with Crippen LogP contribution in [0.1, 0.15) is 55.8 Å². The van der Waals surface area contributed by atoms with Crippen molar-refractivity contribution in [2.45, 2.75) is 56.7 Å². The van der Waals surface area contributed by atoms with Crippen LogP contribution >= 0.6 is 0 Å². The van der Waals surface area contributed by atoms with Crippen LogP contribution < -0.4 is 0 Å². The minimum Gasteiger partial charge on any atom is -0.339 e. The molecule has 0 N–H and O–H groups in total. The van der Waals surface area contributed by atoms with Gasteiger partial charge in [0.1, 0.15) is 0 Å². The predicted octanol–water partition coefficient (Wildman–Crippen LogP) is 4.40. The molecule has 1 saturated carbocycles. The van der Waals surface area contributed by atoms with Crippen LogP contribution in [0, 0.1) is 0 Å². The molecule has 5 nitrogen and oxygen atoms in total. The molecule has 1 aromatic carbocycles. The third-order valence-corrected chi connectivity index (χ3v) is 5.42. The lowest BCUT2D eigenvalue weighted by molar-refractivity contribution is -0.137. The van der Waals surface area contributed by atoms with E-state index in [4.69, 9.17) is 4.52 Å². The van der Waals surface area contributed by atoms with Gasteiger partial charge in [0, 0.05) is 30.5 Å². The summed E-state index contributed by atoms with van der Waals surface area (Å²) in [4.78, 5) is 18.6. The third kappa shape index (κ3) is 3.70. The van der Waals surface area contributed by atoms with Crippen molar-refractivity contribution < 1.29 is 22.5 Å². The smallest absolute Gasteiger partial charge is 0.339 e. The molecule has 2 aromatic rings. The summed E-state index contributed by atoms with van der Waals surface area (Å²) in [5.74, 6) is 0.341. The van der Waals surface area contributed by atoms with Crippen LogP contribution in [0.25, 0.3) is 11.5 Å². The maximum Gasteiger partial charge on any atom is 0.416 e. The average Bonchev–Trinajstić information content (AvgIpc) is 3.29. The summed E-state index contributed by atoms with van der Waals surface area (Å²) in [5.41, 5.74) is -0.545. The van der Waals surface area contributed by atoms with Gasteiger partial charge in [-0.2, -0.15) is 18.2 Å². The molecule has 1 aliphatic carbocycles. The monoisotopic (exact) mass is 379 g/mol. The molecular formula is C19H20F3N3O2. The van der Waals surface area contributed by atoms with Crippen molar-refractivity contribution in [3.8, 4) is 11.5 Å². The van der Waals surface area contributed by atoms with E-state index in [0.29, 0.717) is 18.8 Å². The van der Waals surface area contributed by atoms with Crippen molar-refractivity contribution in [1.29, 1.82) is 0 Å². The molecule has 2 heterocycles.